The van der Waals surface area contributed by atoms with E-state index in [1.165, 1.54) is 64.2 Å². The van der Waals surface area contributed by atoms with Gasteiger partial charge in [0.1, 0.15) is 11.3 Å². The lowest BCUT2D eigenvalue weighted by molar-refractivity contribution is 0.254. The SMILES string of the molecule is CCCCCCCCCCCCC1=NC(Cl)CN1CCO. The molecule has 0 spiro atoms. The molecule has 1 aliphatic heterocycles. The van der Waals surface area contributed by atoms with Crippen LogP contribution in [-0.2, 0) is 0 Å². The molecule has 1 atom stereocenters. The van der Waals surface area contributed by atoms with E-state index in [1.807, 2.05) is 0 Å². The van der Waals surface area contributed by atoms with E-state index in [0.717, 1.165) is 18.8 Å². The van der Waals surface area contributed by atoms with Crippen molar-refractivity contribution in [3.05, 3.63) is 0 Å². The van der Waals surface area contributed by atoms with E-state index in [9.17, 15) is 0 Å². The molecule has 124 valence electrons. The molecular formula is C17H33ClN2O. The summed E-state index contributed by atoms with van der Waals surface area (Å²) in [6.07, 6.45) is 14.6. The summed E-state index contributed by atoms with van der Waals surface area (Å²) in [7, 11) is 0. The Bertz CT molecular complexity index is 284. The minimum absolute atomic E-state index is 0.116. The lowest BCUT2D eigenvalue weighted by atomic mass is 10.1. The van der Waals surface area contributed by atoms with Crippen LogP contribution in [0.1, 0.15) is 77.6 Å². The summed E-state index contributed by atoms with van der Waals surface area (Å²) in [6.45, 7) is 3.87. The maximum Gasteiger partial charge on any atom is 0.143 e. The molecule has 1 rings (SSSR count). The molecule has 3 nitrogen and oxygen atoms in total. The molecule has 0 radical (unpaired) electrons. The first-order valence-corrected chi connectivity index (χ1v) is 9.28. The molecule has 4 heteroatoms. The highest BCUT2D eigenvalue weighted by Crippen LogP contribution is 2.17. The molecule has 0 saturated carbocycles. The Morgan fingerprint density at radius 3 is 2.19 bits per heavy atom. The standard InChI is InChI=1S/C17H33ClN2O/c1-2-3-4-5-6-7-8-9-10-11-12-17-19-16(18)15-20(17)13-14-21/h16,21H,2-15H2,1H3. The number of alkyl halides is 1. The summed E-state index contributed by atoms with van der Waals surface area (Å²) in [6, 6.07) is 0. The van der Waals surface area contributed by atoms with Gasteiger partial charge in [-0.2, -0.15) is 0 Å². The second-order valence-electron chi connectivity index (χ2n) is 6.08. The number of unbranched alkanes of at least 4 members (excludes halogenated alkanes) is 9. The van der Waals surface area contributed by atoms with Crippen molar-refractivity contribution in [2.45, 2.75) is 83.1 Å². The number of aliphatic hydroxyl groups is 1. The van der Waals surface area contributed by atoms with Gasteiger partial charge < -0.3 is 10.0 Å². The van der Waals surface area contributed by atoms with Gasteiger partial charge in [0.05, 0.1) is 13.2 Å². The van der Waals surface area contributed by atoms with Gasteiger partial charge in [0, 0.05) is 13.0 Å². The predicted octanol–water partition coefficient (Wildman–Crippen LogP) is 4.57. The minimum Gasteiger partial charge on any atom is -0.395 e. The molecule has 0 amide bonds. The second-order valence-corrected chi connectivity index (χ2v) is 6.59. The van der Waals surface area contributed by atoms with Gasteiger partial charge in [-0.05, 0) is 6.42 Å². The molecule has 0 aromatic heterocycles. The van der Waals surface area contributed by atoms with E-state index in [4.69, 9.17) is 16.7 Å². The quantitative estimate of drug-likeness (QED) is 0.307. The van der Waals surface area contributed by atoms with Gasteiger partial charge in [-0.25, -0.2) is 0 Å². The number of rotatable bonds is 13. The molecule has 0 fully saturated rings. The number of amidine groups is 1. The van der Waals surface area contributed by atoms with Crippen molar-refractivity contribution >= 4 is 17.4 Å². The molecule has 1 unspecified atom stereocenters. The Balaban J connectivity index is 1.95. The predicted molar refractivity (Wildman–Crippen MR) is 92.2 cm³/mol. The summed E-state index contributed by atoms with van der Waals surface area (Å²) in [4.78, 5) is 6.59. The fourth-order valence-corrected chi connectivity index (χ4v) is 3.18. The Kier molecular flexibility index (Phi) is 11.0. The normalized spacial score (nSPS) is 18.3. The highest BCUT2D eigenvalue weighted by Gasteiger charge is 2.21. The summed E-state index contributed by atoms with van der Waals surface area (Å²) < 4.78 is 0. The first-order chi connectivity index (χ1) is 10.3. The number of nitrogens with zero attached hydrogens (tertiary/aromatic N) is 2. The number of β-amino-alcohol motifs (C(OH)–C–C–N with tert-alkyl or cyclic N) is 1. The third-order valence-corrected chi connectivity index (χ3v) is 4.38. The van der Waals surface area contributed by atoms with Gasteiger partial charge in [-0.15, -0.1) is 0 Å². The van der Waals surface area contributed by atoms with Crippen LogP contribution in [0.25, 0.3) is 0 Å². The van der Waals surface area contributed by atoms with Crippen LogP contribution in [0.15, 0.2) is 4.99 Å². The van der Waals surface area contributed by atoms with Crippen LogP contribution in [0.2, 0.25) is 0 Å². The lowest BCUT2D eigenvalue weighted by Gasteiger charge is -2.19. The van der Waals surface area contributed by atoms with Gasteiger partial charge in [0.2, 0.25) is 0 Å². The largest absolute Gasteiger partial charge is 0.395 e. The molecule has 1 heterocycles. The maximum atomic E-state index is 9.04. The van der Waals surface area contributed by atoms with Crippen LogP contribution in [0, 0.1) is 0 Å². The van der Waals surface area contributed by atoms with Crippen LogP contribution in [0.4, 0.5) is 0 Å². The first kappa shape index (κ1) is 18.8. The summed E-state index contributed by atoms with van der Waals surface area (Å²) in [5.74, 6) is 1.10. The van der Waals surface area contributed by atoms with E-state index in [1.54, 1.807) is 0 Å². The molecule has 21 heavy (non-hydrogen) atoms. The zero-order chi connectivity index (χ0) is 15.3. The Hall–Kier alpha value is -0.280. The lowest BCUT2D eigenvalue weighted by Crippen LogP contribution is -2.31. The second kappa shape index (κ2) is 12.3. The van der Waals surface area contributed by atoms with Crippen molar-refractivity contribution in [3.63, 3.8) is 0 Å². The molecule has 0 saturated heterocycles. The van der Waals surface area contributed by atoms with E-state index in [-0.39, 0.29) is 12.1 Å². The van der Waals surface area contributed by atoms with Crippen molar-refractivity contribution < 1.29 is 5.11 Å². The van der Waals surface area contributed by atoms with Gasteiger partial charge >= 0.3 is 0 Å². The van der Waals surface area contributed by atoms with Gasteiger partial charge in [0.15, 0.2) is 0 Å². The topological polar surface area (TPSA) is 35.8 Å². The monoisotopic (exact) mass is 316 g/mol. The summed E-state index contributed by atoms with van der Waals surface area (Å²) in [5.41, 5.74) is -0.116. The minimum atomic E-state index is -0.116. The fraction of sp³-hybridized carbons (Fsp3) is 0.941. The number of aliphatic imine (C=N–C) groups is 1. The van der Waals surface area contributed by atoms with Gasteiger partial charge in [-0.1, -0.05) is 76.3 Å². The average Bonchev–Trinajstić information content (AvgIpc) is 2.81. The number of halogens is 1. The highest BCUT2D eigenvalue weighted by atomic mass is 35.5. The van der Waals surface area contributed by atoms with Crippen LogP contribution in [0.5, 0.6) is 0 Å². The molecule has 1 aliphatic rings. The van der Waals surface area contributed by atoms with Crippen LogP contribution in [-0.4, -0.2) is 41.0 Å². The van der Waals surface area contributed by atoms with Crippen LogP contribution in [0.3, 0.4) is 0 Å². The van der Waals surface area contributed by atoms with Crippen molar-refractivity contribution in [2.24, 2.45) is 4.99 Å². The van der Waals surface area contributed by atoms with E-state index >= 15 is 0 Å². The number of aliphatic hydroxyl groups excluding tert-OH is 1. The average molecular weight is 317 g/mol. The highest BCUT2D eigenvalue weighted by molar-refractivity contribution is 6.22. The molecule has 1 N–H and O–H groups in total. The molecule has 0 bridgehead atoms. The molecular weight excluding hydrogens is 284 g/mol. The van der Waals surface area contributed by atoms with Gasteiger partial charge in [-0.3, -0.25) is 4.99 Å². The van der Waals surface area contributed by atoms with Crippen LogP contribution >= 0.6 is 11.6 Å². The number of hydrogen-bond donors (Lipinski definition) is 1. The number of hydrogen-bond acceptors (Lipinski definition) is 3. The molecule has 0 aromatic carbocycles. The maximum absolute atomic E-state index is 9.04. The van der Waals surface area contributed by atoms with Crippen molar-refractivity contribution in [1.82, 2.24) is 4.90 Å². The Labute approximate surface area is 135 Å². The van der Waals surface area contributed by atoms with E-state index < -0.39 is 0 Å². The van der Waals surface area contributed by atoms with Gasteiger partial charge in [0.25, 0.3) is 0 Å². The smallest absolute Gasteiger partial charge is 0.143 e. The van der Waals surface area contributed by atoms with Crippen LogP contribution < -0.4 is 0 Å². The zero-order valence-electron chi connectivity index (χ0n) is 13.7. The van der Waals surface area contributed by atoms with Crippen molar-refractivity contribution in [2.75, 3.05) is 19.7 Å². The Morgan fingerprint density at radius 2 is 1.62 bits per heavy atom. The molecule has 0 aliphatic carbocycles. The van der Waals surface area contributed by atoms with E-state index in [2.05, 4.69) is 16.8 Å². The van der Waals surface area contributed by atoms with E-state index in [0.29, 0.717) is 6.54 Å². The fourth-order valence-electron chi connectivity index (χ4n) is 2.91. The molecule has 0 aromatic rings. The Morgan fingerprint density at radius 1 is 1.05 bits per heavy atom. The third-order valence-electron chi connectivity index (χ3n) is 4.15. The summed E-state index contributed by atoms with van der Waals surface area (Å²) >= 11 is 6.06. The summed E-state index contributed by atoms with van der Waals surface area (Å²) in [5, 5.41) is 9.04. The van der Waals surface area contributed by atoms with Crippen molar-refractivity contribution in [3.8, 4) is 0 Å². The zero-order valence-corrected chi connectivity index (χ0v) is 14.5. The third kappa shape index (κ3) is 8.67. The first-order valence-electron chi connectivity index (χ1n) is 8.84. The van der Waals surface area contributed by atoms with Crippen molar-refractivity contribution in [1.29, 1.82) is 0 Å².